The molecule has 3 N–H and O–H groups in total. The van der Waals surface area contributed by atoms with Gasteiger partial charge in [0.1, 0.15) is 6.04 Å². The van der Waals surface area contributed by atoms with E-state index < -0.39 is 12.0 Å². The Labute approximate surface area is 136 Å². The Morgan fingerprint density at radius 3 is 2.48 bits per heavy atom. The molecule has 0 bridgehead atoms. The van der Waals surface area contributed by atoms with E-state index >= 15 is 0 Å². The van der Waals surface area contributed by atoms with Gasteiger partial charge in [0.25, 0.3) is 0 Å². The molecule has 0 saturated carbocycles. The standard InChI is InChI=1S/C16H25N3O4/c1-19(2)13-7-5-12(6-8-13)18-15(20)11-14(16(21)22)17-9-4-10-23-3/h5-8,14,17H,4,9-11H2,1-3H3,(H,18,20)(H,21,22)/t14-/m0/s1. The van der Waals surface area contributed by atoms with Gasteiger partial charge < -0.3 is 30.2 Å². The van der Waals surface area contributed by atoms with Crippen molar-refractivity contribution in [3.05, 3.63) is 24.3 Å². The maximum Gasteiger partial charge on any atom is 0.230 e. The Morgan fingerprint density at radius 2 is 1.96 bits per heavy atom. The van der Waals surface area contributed by atoms with E-state index in [0.717, 1.165) is 5.69 Å². The normalized spacial score (nSPS) is 11.8. The summed E-state index contributed by atoms with van der Waals surface area (Å²) in [5.41, 5.74) is 1.65. The van der Waals surface area contributed by atoms with E-state index in [1.54, 1.807) is 24.6 Å². The van der Waals surface area contributed by atoms with Gasteiger partial charge in [-0.25, -0.2) is 0 Å². The van der Waals surface area contributed by atoms with E-state index in [1.807, 2.05) is 31.1 Å². The molecule has 1 atom stereocenters. The summed E-state index contributed by atoms with van der Waals surface area (Å²) in [6.45, 7) is 1.12. The first-order valence-corrected chi connectivity index (χ1v) is 7.54. The molecule has 0 radical (unpaired) electrons. The third-order valence-corrected chi connectivity index (χ3v) is 3.38. The highest BCUT2D eigenvalue weighted by atomic mass is 16.5. The quantitative estimate of drug-likeness (QED) is 0.527. The number of methoxy groups -OCH3 is 1. The SMILES string of the molecule is COCCC[NH2+][C@@H](CC(=O)Nc1ccc(N(C)C)cc1)C(=O)[O-]. The van der Waals surface area contributed by atoms with Gasteiger partial charge in [-0.2, -0.15) is 0 Å². The topological polar surface area (TPSA) is 98.3 Å². The van der Waals surface area contributed by atoms with E-state index in [2.05, 4.69) is 5.32 Å². The van der Waals surface area contributed by atoms with Crippen molar-refractivity contribution in [1.82, 2.24) is 0 Å². The average molecular weight is 323 g/mol. The Bertz CT molecular complexity index is 503. The molecule has 7 heteroatoms. The summed E-state index contributed by atoms with van der Waals surface area (Å²) >= 11 is 0. The molecule has 23 heavy (non-hydrogen) atoms. The first-order valence-electron chi connectivity index (χ1n) is 7.54. The first kappa shape index (κ1) is 18.9. The van der Waals surface area contributed by atoms with Gasteiger partial charge in [0.05, 0.1) is 25.5 Å². The number of nitrogens with two attached hydrogens (primary N) is 1. The highest BCUT2D eigenvalue weighted by molar-refractivity contribution is 5.93. The van der Waals surface area contributed by atoms with E-state index in [4.69, 9.17) is 4.74 Å². The molecule has 0 saturated heterocycles. The highest BCUT2D eigenvalue weighted by Gasteiger charge is 2.18. The average Bonchev–Trinajstić information content (AvgIpc) is 2.50. The van der Waals surface area contributed by atoms with Crippen LogP contribution in [0.15, 0.2) is 24.3 Å². The number of quaternary nitrogens is 1. The van der Waals surface area contributed by atoms with Crippen LogP contribution in [0.1, 0.15) is 12.8 Å². The van der Waals surface area contributed by atoms with E-state index in [0.29, 0.717) is 25.3 Å². The van der Waals surface area contributed by atoms with Crippen molar-refractivity contribution in [3.8, 4) is 0 Å². The maximum atomic E-state index is 12.0. The fraction of sp³-hybridized carbons (Fsp3) is 0.500. The summed E-state index contributed by atoms with van der Waals surface area (Å²) in [7, 11) is 5.44. The summed E-state index contributed by atoms with van der Waals surface area (Å²) in [6.07, 6.45) is 0.582. The minimum absolute atomic E-state index is 0.134. The molecule has 0 aromatic heterocycles. The van der Waals surface area contributed by atoms with Crippen molar-refractivity contribution < 1.29 is 24.7 Å². The molecule has 1 amide bonds. The van der Waals surface area contributed by atoms with E-state index in [9.17, 15) is 14.7 Å². The molecule has 0 aliphatic carbocycles. The number of hydrogen-bond acceptors (Lipinski definition) is 5. The molecule has 0 aliphatic rings. The number of carbonyl (C=O) groups excluding carboxylic acids is 2. The molecular weight excluding hydrogens is 298 g/mol. The number of rotatable bonds is 10. The van der Waals surface area contributed by atoms with E-state index in [-0.39, 0.29) is 12.3 Å². The zero-order valence-electron chi connectivity index (χ0n) is 13.9. The molecule has 128 valence electrons. The molecule has 1 aromatic rings. The number of aliphatic carboxylic acids is 1. The van der Waals surface area contributed by atoms with Crippen LogP contribution in [0.4, 0.5) is 11.4 Å². The van der Waals surface area contributed by atoms with Crippen LogP contribution in [0.2, 0.25) is 0 Å². The minimum atomic E-state index is -1.24. The second-order valence-corrected chi connectivity index (χ2v) is 5.49. The van der Waals surface area contributed by atoms with Gasteiger partial charge in [-0.1, -0.05) is 0 Å². The molecule has 7 nitrogen and oxygen atoms in total. The van der Waals surface area contributed by atoms with Crippen molar-refractivity contribution >= 4 is 23.3 Å². The third kappa shape index (κ3) is 7.12. The van der Waals surface area contributed by atoms with Crippen LogP contribution in [0.3, 0.4) is 0 Å². The fourth-order valence-corrected chi connectivity index (χ4v) is 2.06. The fourth-order valence-electron chi connectivity index (χ4n) is 2.06. The zero-order valence-corrected chi connectivity index (χ0v) is 13.9. The van der Waals surface area contributed by atoms with Crippen LogP contribution in [0, 0.1) is 0 Å². The van der Waals surface area contributed by atoms with Crippen LogP contribution in [-0.2, 0) is 14.3 Å². The summed E-state index contributed by atoms with van der Waals surface area (Å²) in [6, 6.07) is 6.42. The van der Waals surface area contributed by atoms with Crippen LogP contribution >= 0.6 is 0 Å². The number of amides is 1. The van der Waals surface area contributed by atoms with Gasteiger partial charge in [-0.15, -0.1) is 0 Å². The monoisotopic (exact) mass is 323 g/mol. The summed E-state index contributed by atoms with van der Waals surface area (Å²) in [5, 5.41) is 15.4. The number of anilines is 2. The number of carbonyl (C=O) groups is 2. The summed E-state index contributed by atoms with van der Waals surface area (Å²) in [5.74, 6) is -1.58. The largest absolute Gasteiger partial charge is 0.544 e. The number of ether oxygens (including phenoxy) is 1. The third-order valence-electron chi connectivity index (χ3n) is 3.38. The lowest BCUT2D eigenvalue weighted by molar-refractivity contribution is -0.682. The highest BCUT2D eigenvalue weighted by Crippen LogP contribution is 2.15. The number of hydrogen-bond donors (Lipinski definition) is 2. The molecular formula is C16H25N3O4. The molecule has 1 rings (SSSR count). The summed E-state index contributed by atoms with van der Waals surface area (Å²) in [4.78, 5) is 25.0. The Kier molecular flexibility index (Phi) is 8.07. The lowest BCUT2D eigenvalue weighted by Gasteiger charge is -2.17. The van der Waals surface area contributed by atoms with Gasteiger partial charge >= 0.3 is 0 Å². The molecule has 0 aliphatic heterocycles. The number of carboxylic acid groups (broad SMARTS) is 1. The Hall–Kier alpha value is -2.12. The van der Waals surface area contributed by atoms with Gasteiger partial charge in [-0.05, 0) is 24.3 Å². The second kappa shape index (κ2) is 9.81. The van der Waals surface area contributed by atoms with Gasteiger partial charge in [-0.3, -0.25) is 4.79 Å². The zero-order chi connectivity index (χ0) is 17.2. The molecule has 1 aromatic carbocycles. The van der Waals surface area contributed by atoms with Gasteiger partial charge in [0.15, 0.2) is 0 Å². The van der Waals surface area contributed by atoms with Crippen molar-refractivity contribution in [2.75, 3.05) is 44.6 Å². The van der Waals surface area contributed by atoms with Crippen LogP contribution < -0.4 is 20.6 Å². The van der Waals surface area contributed by atoms with Crippen LogP contribution in [0.5, 0.6) is 0 Å². The number of nitrogens with zero attached hydrogens (tertiary/aromatic N) is 1. The lowest BCUT2D eigenvalue weighted by atomic mass is 10.2. The number of nitrogens with one attached hydrogen (secondary N) is 1. The molecule has 0 unspecified atom stereocenters. The lowest BCUT2D eigenvalue weighted by Crippen LogP contribution is -2.93. The predicted octanol–water partition coefficient (Wildman–Crippen LogP) is -1.20. The predicted molar refractivity (Wildman–Crippen MR) is 86.1 cm³/mol. The van der Waals surface area contributed by atoms with Crippen molar-refractivity contribution in [3.63, 3.8) is 0 Å². The number of benzene rings is 1. The first-order chi connectivity index (χ1) is 10.9. The van der Waals surface area contributed by atoms with Crippen LogP contribution in [0.25, 0.3) is 0 Å². The van der Waals surface area contributed by atoms with Crippen molar-refractivity contribution in [1.29, 1.82) is 0 Å². The van der Waals surface area contributed by atoms with Crippen molar-refractivity contribution in [2.45, 2.75) is 18.9 Å². The van der Waals surface area contributed by atoms with Crippen LogP contribution in [-0.4, -0.2) is 52.3 Å². The summed E-state index contributed by atoms with van der Waals surface area (Å²) < 4.78 is 4.90. The molecule has 0 heterocycles. The van der Waals surface area contributed by atoms with E-state index in [1.165, 1.54) is 0 Å². The molecule has 0 spiro atoms. The maximum absolute atomic E-state index is 12.0. The second-order valence-electron chi connectivity index (χ2n) is 5.49. The minimum Gasteiger partial charge on any atom is -0.544 e. The number of carboxylic acids is 1. The smallest absolute Gasteiger partial charge is 0.230 e. The Balaban J connectivity index is 2.49. The Morgan fingerprint density at radius 1 is 1.30 bits per heavy atom. The van der Waals surface area contributed by atoms with Crippen molar-refractivity contribution in [2.24, 2.45) is 0 Å². The van der Waals surface area contributed by atoms with Gasteiger partial charge in [0.2, 0.25) is 5.91 Å². The van der Waals surface area contributed by atoms with Gasteiger partial charge in [0, 0.05) is 39.0 Å². The molecule has 0 fully saturated rings.